The fraction of sp³-hybridized carbons (Fsp3) is 0.462. The first-order chi connectivity index (χ1) is 8.57. The zero-order valence-corrected chi connectivity index (χ0v) is 10.0. The molecule has 5 heteroatoms. The predicted octanol–water partition coefficient (Wildman–Crippen LogP) is 2.19. The smallest absolute Gasteiger partial charge is 0.305 e. The quantitative estimate of drug-likeness (QED) is 0.775. The predicted molar refractivity (Wildman–Crippen MR) is 60.1 cm³/mol. The molecule has 1 aromatic rings. The molecule has 18 heavy (non-hydrogen) atoms. The van der Waals surface area contributed by atoms with Crippen molar-refractivity contribution in [3.8, 4) is 0 Å². The number of ether oxygens (including phenoxy) is 2. The highest BCUT2D eigenvalue weighted by molar-refractivity contribution is 5.69. The molecule has 0 aromatic heterocycles. The van der Waals surface area contributed by atoms with Crippen LogP contribution in [0.1, 0.15) is 18.4 Å². The normalized spacial score (nSPS) is 17.1. The number of esters is 1. The van der Waals surface area contributed by atoms with E-state index in [1.54, 1.807) is 0 Å². The third-order valence-corrected chi connectivity index (χ3v) is 3.29. The molecule has 0 bridgehead atoms. The molecule has 0 amide bonds. The SMILES string of the molecule is COC(=O)CCC1(c2cc(F)ccc2F)COC1. The molecule has 1 aliphatic heterocycles. The molecule has 2 rings (SSSR count). The molecule has 98 valence electrons. The zero-order chi connectivity index (χ0) is 13.2. The summed E-state index contributed by atoms with van der Waals surface area (Å²) < 4.78 is 36.6. The Morgan fingerprint density at radius 2 is 2.17 bits per heavy atom. The number of rotatable bonds is 4. The second-order valence-electron chi connectivity index (χ2n) is 4.47. The Bertz CT molecular complexity index is 456. The Kier molecular flexibility index (Phi) is 3.61. The second-order valence-corrected chi connectivity index (χ2v) is 4.47. The van der Waals surface area contributed by atoms with E-state index in [1.165, 1.54) is 13.2 Å². The van der Waals surface area contributed by atoms with Crippen LogP contribution < -0.4 is 0 Å². The molecule has 1 aromatic carbocycles. The van der Waals surface area contributed by atoms with Gasteiger partial charge in [0.05, 0.1) is 20.3 Å². The average Bonchev–Trinajstić information content (AvgIpc) is 2.31. The summed E-state index contributed by atoms with van der Waals surface area (Å²) in [4.78, 5) is 11.2. The molecule has 1 aliphatic rings. The summed E-state index contributed by atoms with van der Waals surface area (Å²) in [5, 5.41) is 0. The topological polar surface area (TPSA) is 35.5 Å². The van der Waals surface area contributed by atoms with E-state index in [9.17, 15) is 13.6 Å². The standard InChI is InChI=1S/C13H14F2O3/c1-17-12(16)4-5-13(7-18-8-13)10-6-9(14)2-3-11(10)15/h2-3,6H,4-5,7-8H2,1H3. The molecular formula is C13H14F2O3. The zero-order valence-electron chi connectivity index (χ0n) is 10.0. The third-order valence-electron chi connectivity index (χ3n) is 3.29. The van der Waals surface area contributed by atoms with Gasteiger partial charge in [-0.1, -0.05) is 0 Å². The van der Waals surface area contributed by atoms with E-state index in [-0.39, 0.29) is 18.0 Å². The summed E-state index contributed by atoms with van der Waals surface area (Å²) in [6.45, 7) is 0.592. The molecule has 0 spiro atoms. The molecule has 0 aliphatic carbocycles. The van der Waals surface area contributed by atoms with Crippen LogP contribution in [0.4, 0.5) is 8.78 Å². The van der Waals surface area contributed by atoms with E-state index in [0.29, 0.717) is 19.6 Å². The average molecular weight is 256 g/mol. The summed E-state index contributed by atoms with van der Waals surface area (Å²) >= 11 is 0. The number of carbonyl (C=O) groups excluding carboxylic acids is 1. The van der Waals surface area contributed by atoms with Gasteiger partial charge in [-0.2, -0.15) is 0 Å². The summed E-state index contributed by atoms with van der Waals surface area (Å²) in [6.07, 6.45) is 0.551. The molecule has 0 atom stereocenters. The first kappa shape index (κ1) is 13.0. The highest BCUT2D eigenvalue weighted by Gasteiger charge is 2.42. The lowest BCUT2D eigenvalue weighted by molar-refractivity contribution is -0.142. The van der Waals surface area contributed by atoms with Crippen LogP contribution in [-0.4, -0.2) is 26.3 Å². The van der Waals surface area contributed by atoms with Gasteiger partial charge >= 0.3 is 5.97 Å². The third kappa shape index (κ3) is 2.36. The van der Waals surface area contributed by atoms with Crippen molar-refractivity contribution in [3.05, 3.63) is 35.4 Å². The number of benzene rings is 1. The summed E-state index contributed by atoms with van der Waals surface area (Å²) in [6, 6.07) is 3.35. The van der Waals surface area contributed by atoms with Crippen LogP contribution in [0, 0.1) is 11.6 Å². The number of hydrogen-bond acceptors (Lipinski definition) is 3. The molecule has 1 saturated heterocycles. The summed E-state index contributed by atoms with van der Waals surface area (Å²) in [7, 11) is 1.30. The van der Waals surface area contributed by atoms with Crippen LogP contribution in [0.3, 0.4) is 0 Å². The molecular weight excluding hydrogens is 242 g/mol. The van der Waals surface area contributed by atoms with Crippen LogP contribution in [0.15, 0.2) is 18.2 Å². The fourth-order valence-electron chi connectivity index (χ4n) is 2.13. The van der Waals surface area contributed by atoms with Crippen molar-refractivity contribution in [2.75, 3.05) is 20.3 Å². The Morgan fingerprint density at radius 1 is 1.44 bits per heavy atom. The highest BCUT2D eigenvalue weighted by Crippen LogP contribution is 2.38. The second kappa shape index (κ2) is 5.02. The minimum atomic E-state index is -0.611. The van der Waals surface area contributed by atoms with Crippen LogP contribution in [0.25, 0.3) is 0 Å². The van der Waals surface area contributed by atoms with Crippen molar-refractivity contribution in [1.29, 1.82) is 0 Å². The molecule has 3 nitrogen and oxygen atoms in total. The maximum absolute atomic E-state index is 13.8. The van der Waals surface area contributed by atoms with Crippen LogP contribution >= 0.6 is 0 Å². The van der Waals surface area contributed by atoms with Gasteiger partial charge < -0.3 is 9.47 Å². The number of methoxy groups -OCH3 is 1. The number of carbonyl (C=O) groups is 1. The van der Waals surface area contributed by atoms with E-state index in [1.807, 2.05) is 0 Å². The molecule has 0 N–H and O–H groups in total. The van der Waals surface area contributed by atoms with Gasteiger partial charge in [0.25, 0.3) is 0 Å². The van der Waals surface area contributed by atoms with Crippen molar-refractivity contribution in [3.63, 3.8) is 0 Å². The van der Waals surface area contributed by atoms with Crippen molar-refractivity contribution < 1.29 is 23.0 Å². The molecule has 1 fully saturated rings. The van der Waals surface area contributed by atoms with Gasteiger partial charge in [-0.05, 0) is 24.6 Å². The molecule has 0 unspecified atom stereocenters. The Hall–Kier alpha value is -1.49. The van der Waals surface area contributed by atoms with Crippen molar-refractivity contribution >= 4 is 5.97 Å². The van der Waals surface area contributed by atoms with Gasteiger partial charge in [-0.15, -0.1) is 0 Å². The van der Waals surface area contributed by atoms with E-state index in [2.05, 4.69) is 4.74 Å². The van der Waals surface area contributed by atoms with E-state index in [0.717, 1.165) is 12.1 Å². The van der Waals surface area contributed by atoms with Gasteiger partial charge in [0, 0.05) is 17.4 Å². The van der Waals surface area contributed by atoms with Gasteiger partial charge in [-0.25, -0.2) is 8.78 Å². The fourth-order valence-corrected chi connectivity index (χ4v) is 2.13. The minimum absolute atomic E-state index is 0.163. The first-order valence-corrected chi connectivity index (χ1v) is 5.67. The lowest BCUT2D eigenvalue weighted by Gasteiger charge is -2.42. The van der Waals surface area contributed by atoms with Gasteiger partial charge in [0.1, 0.15) is 11.6 Å². The maximum Gasteiger partial charge on any atom is 0.305 e. The molecule has 0 radical (unpaired) electrons. The maximum atomic E-state index is 13.8. The largest absolute Gasteiger partial charge is 0.469 e. The van der Waals surface area contributed by atoms with E-state index < -0.39 is 17.0 Å². The highest BCUT2D eigenvalue weighted by atomic mass is 19.1. The molecule has 0 saturated carbocycles. The Labute approximate surface area is 104 Å². The van der Waals surface area contributed by atoms with Crippen molar-refractivity contribution in [1.82, 2.24) is 0 Å². The van der Waals surface area contributed by atoms with Crippen molar-refractivity contribution in [2.45, 2.75) is 18.3 Å². The Morgan fingerprint density at radius 3 is 2.72 bits per heavy atom. The molecule has 1 heterocycles. The summed E-state index contributed by atoms with van der Waals surface area (Å²) in [5.41, 5.74) is -0.335. The Balaban J connectivity index is 2.21. The van der Waals surface area contributed by atoms with Gasteiger partial charge in [0.15, 0.2) is 0 Å². The number of hydrogen-bond donors (Lipinski definition) is 0. The first-order valence-electron chi connectivity index (χ1n) is 5.67. The number of halogens is 2. The van der Waals surface area contributed by atoms with Crippen molar-refractivity contribution in [2.24, 2.45) is 0 Å². The van der Waals surface area contributed by atoms with E-state index in [4.69, 9.17) is 4.74 Å². The lowest BCUT2D eigenvalue weighted by Crippen LogP contribution is -2.47. The minimum Gasteiger partial charge on any atom is -0.469 e. The van der Waals surface area contributed by atoms with Crippen LogP contribution in [-0.2, 0) is 19.7 Å². The lowest BCUT2D eigenvalue weighted by atomic mass is 9.74. The van der Waals surface area contributed by atoms with Gasteiger partial charge in [0.2, 0.25) is 0 Å². The monoisotopic (exact) mass is 256 g/mol. The van der Waals surface area contributed by atoms with E-state index >= 15 is 0 Å². The van der Waals surface area contributed by atoms with Crippen LogP contribution in [0.5, 0.6) is 0 Å². The van der Waals surface area contributed by atoms with Crippen LogP contribution in [0.2, 0.25) is 0 Å². The van der Waals surface area contributed by atoms with Gasteiger partial charge in [-0.3, -0.25) is 4.79 Å². The summed E-state index contributed by atoms with van der Waals surface area (Å²) in [5.74, 6) is -1.32.